The van der Waals surface area contributed by atoms with E-state index in [-0.39, 0.29) is 22.9 Å². The van der Waals surface area contributed by atoms with Crippen LogP contribution >= 0.6 is 0 Å². The van der Waals surface area contributed by atoms with E-state index in [4.69, 9.17) is 4.74 Å². The number of allylic oxidation sites excluding steroid dienone is 1. The summed E-state index contributed by atoms with van der Waals surface area (Å²) in [5, 5.41) is 0. The van der Waals surface area contributed by atoms with Crippen molar-refractivity contribution < 1.29 is 14.3 Å². The van der Waals surface area contributed by atoms with Crippen LogP contribution in [0.15, 0.2) is 11.6 Å². The summed E-state index contributed by atoms with van der Waals surface area (Å²) in [6.07, 6.45) is 27.3. The molecule has 3 saturated carbocycles. The number of ketones is 1. The van der Waals surface area contributed by atoms with E-state index in [1.807, 2.05) is 6.08 Å². The molecule has 0 N–H and O–H groups in total. The van der Waals surface area contributed by atoms with E-state index in [9.17, 15) is 9.59 Å². The molecule has 0 radical (unpaired) electrons. The Hall–Kier alpha value is -1.12. The van der Waals surface area contributed by atoms with Crippen LogP contribution < -0.4 is 0 Å². The maximum atomic E-state index is 12.8. The highest BCUT2D eigenvalue weighted by Gasteiger charge is 2.59. The molecule has 37 heavy (non-hydrogen) atoms. The van der Waals surface area contributed by atoms with Crippen LogP contribution in [0.25, 0.3) is 0 Å². The highest BCUT2D eigenvalue weighted by molar-refractivity contribution is 5.91. The van der Waals surface area contributed by atoms with Gasteiger partial charge in [0.05, 0.1) is 0 Å². The SMILES string of the molecule is CCCCCCCCCCCCCCC(=O)O[C@H]1CC[C@H]2[C@@H]3CCC4=CC(=O)CC[C@]4(C)[C@H]3CC[C@]12C. The Morgan fingerprint density at radius 3 is 2.14 bits per heavy atom. The van der Waals surface area contributed by atoms with Gasteiger partial charge in [-0.2, -0.15) is 0 Å². The minimum absolute atomic E-state index is 0.0488. The summed E-state index contributed by atoms with van der Waals surface area (Å²) in [6, 6.07) is 0. The number of unbranched alkanes of at least 4 members (excludes halogenated alkanes) is 11. The van der Waals surface area contributed by atoms with Crippen molar-refractivity contribution in [3.63, 3.8) is 0 Å². The Morgan fingerprint density at radius 2 is 1.46 bits per heavy atom. The molecule has 3 heteroatoms. The Morgan fingerprint density at radius 1 is 0.811 bits per heavy atom. The molecule has 0 aliphatic heterocycles. The summed E-state index contributed by atoms with van der Waals surface area (Å²) in [7, 11) is 0. The fourth-order valence-corrected chi connectivity index (χ4v) is 9.03. The summed E-state index contributed by atoms with van der Waals surface area (Å²) in [5.41, 5.74) is 1.81. The predicted octanol–water partition coefficient (Wildman–Crippen LogP) is 9.52. The van der Waals surface area contributed by atoms with Gasteiger partial charge < -0.3 is 4.74 Å². The van der Waals surface area contributed by atoms with Crippen molar-refractivity contribution in [3.8, 4) is 0 Å². The topological polar surface area (TPSA) is 43.4 Å². The molecule has 0 heterocycles. The summed E-state index contributed by atoms with van der Waals surface area (Å²) in [4.78, 5) is 24.9. The molecule has 0 aromatic heterocycles. The quantitative estimate of drug-likeness (QED) is 0.172. The monoisotopic (exact) mass is 512 g/mol. The summed E-state index contributed by atoms with van der Waals surface area (Å²) in [5.74, 6) is 2.50. The lowest BCUT2D eigenvalue weighted by atomic mass is 9.47. The van der Waals surface area contributed by atoms with E-state index in [2.05, 4.69) is 20.8 Å². The van der Waals surface area contributed by atoms with Gasteiger partial charge in [0.2, 0.25) is 0 Å². The van der Waals surface area contributed by atoms with Gasteiger partial charge in [-0.3, -0.25) is 9.59 Å². The van der Waals surface area contributed by atoms with Gasteiger partial charge in [-0.15, -0.1) is 0 Å². The molecule has 0 unspecified atom stereocenters. The molecule has 3 fully saturated rings. The molecule has 210 valence electrons. The summed E-state index contributed by atoms with van der Waals surface area (Å²) >= 11 is 0. The van der Waals surface area contributed by atoms with Crippen molar-refractivity contribution in [1.29, 1.82) is 0 Å². The first kappa shape index (κ1) is 28.9. The number of fused-ring (bicyclic) bond motifs is 5. The standard InChI is InChI=1S/C34H56O3/c1-4-5-6-7-8-9-10-11-12-13-14-15-16-32(36)37-31-20-19-29-28-18-17-26-25-27(35)21-23-33(26,2)30(28)22-24-34(29,31)3/h25,28-31H,4-24H2,1-3H3/t28-,29-,30-,31-,33-,34-/m0/s1. The molecule has 0 aromatic rings. The molecule has 0 aromatic carbocycles. The predicted molar refractivity (Wildman–Crippen MR) is 152 cm³/mol. The molecule has 0 saturated heterocycles. The van der Waals surface area contributed by atoms with E-state index >= 15 is 0 Å². The highest BCUT2D eigenvalue weighted by atomic mass is 16.5. The number of carbonyl (C=O) groups excluding carboxylic acids is 2. The third-order valence-corrected chi connectivity index (χ3v) is 11.4. The third kappa shape index (κ3) is 6.73. The summed E-state index contributed by atoms with van der Waals surface area (Å²) < 4.78 is 6.21. The second kappa shape index (κ2) is 13.3. The van der Waals surface area contributed by atoms with Crippen molar-refractivity contribution in [3.05, 3.63) is 11.6 Å². The number of hydrogen-bond acceptors (Lipinski definition) is 3. The van der Waals surface area contributed by atoms with Gasteiger partial charge >= 0.3 is 5.97 Å². The van der Waals surface area contributed by atoms with Crippen LogP contribution in [-0.2, 0) is 14.3 Å². The maximum Gasteiger partial charge on any atom is 0.306 e. The zero-order valence-corrected chi connectivity index (χ0v) is 24.5. The zero-order chi connectivity index (χ0) is 26.3. The van der Waals surface area contributed by atoms with E-state index < -0.39 is 0 Å². The normalized spacial score (nSPS) is 34.9. The molecule has 6 atom stereocenters. The van der Waals surface area contributed by atoms with Gasteiger partial charge in [-0.05, 0) is 80.6 Å². The molecule has 4 aliphatic rings. The minimum Gasteiger partial charge on any atom is -0.462 e. The average molecular weight is 513 g/mol. The van der Waals surface area contributed by atoms with E-state index in [0.29, 0.717) is 24.0 Å². The largest absolute Gasteiger partial charge is 0.462 e. The molecule has 4 rings (SSSR count). The number of hydrogen-bond donors (Lipinski definition) is 0. The molecule has 0 amide bonds. The molecular formula is C34H56O3. The van der Waals surface area contributed by atoms with Crippen LogP contribution in [-0.4, -0.2) is 17.9 Å². The lowest BCUT2D eigenvalue weighted by Gasteiger charge is -2.57. The highest BCUT2D eigenvalue weighted by Crippen LogP contribution is 2.65. The fraction of sp³-hybridized carbons (Fsp3) is 0.882. The molecular weight excluding hydrogens is 456 g/mol. The van der Waals surface area contributed by atoms with Crippen molar-refractivity contribution >= 4 is 11.8 Å². The lowest BCUT2D eigenvalue weighted by molar-refractivity contribution is -0.160. The Balaban J connectivity index is 1.14. The van der Waals surface area contributed by atoms with Gasteiger partial charge in [0.1, 0.15) is 6.10 Å². The van der Waals surface area contributed by atoms with Crippen molar-refractivity contribution in [2.75, 3.05) is 0 Å². The molecule has 0 bridgehead atoms. The summed E-state index contributed by atoms with van der Waals surface area (Å²) in [6.45, 7) is 7.16. The number of rotatable bonds is 14. The van der Waals surface area contributed by atoms with Gasteiger partial charge in [-0.25, -0.2) is 0 Å². The maximum absolute atomic E-state index is 12.8. The number of esters is 1. The van der Waals surface area contributed by atoms with E-state index in [0.717, 1.165) is 44.4 Å². The first-order valence-electron chi connectivity index (χ1n) is 16.3. The Bertz CT molecular complexity index is 799. The molecule has 0 spiro atoms. The number of ether oxygens (including phenoxy) is 1. The third-order valence-electron chi connectivity index (χ3n) is 11.4. The van der Waals surface area contributed by atoms with Crippen LogP contribution in [0.1, 0.15) is 156 Å². The van der Waals surface area contributed by atoms with E-state index in [1.54, 1.807) is 0 Å². The van der Waals surface area contributed by atoms with Crippen molar-refractivity contribution in [2.24, 2.45) is 28.6 Å². The fourth-order valence-electron chi connectivity index (χ4n) is 9.03. The van der Waals surface area contributed by atoms with Crippen LogP contribution in [0, 0.1) is 28.6 Å². The minimum atomic E-state index is 0.0488. The van der Waals surface area contributed by atoms with Crippen molar-refractivity contribution in [1.82, 2.24) is 0 Å². The van der Waals surface area contributed by atoms with Crippen LogP contribution in [0.4, 0.5) is 0 Å². The Labute approximate surface area is 228 Å². The first-order chi connectivity index (χ1) is 17.9. The molecule has 4 aliphatic carbocycles. The van der Waals surface area contributed by atoms with E-state index in [1.165, 1.54) is 95.5 Å². The van der Waals surface area contributed by atoms with Crippen molar-refractivity contribution in [2.45, 2.75) is 162 Å². The van der Waals surface area contributed by atoms with Gasteiger partial charge in [0.25, 0.3) is 0 Å². The van der Waals surface area contributed by atoms with Crippen LogP contribution in [0.2, 0.25) is 0 Å². The van der Waals surface area contributed by atoms with Crippen LogP contribution in [0.5, 0.6) is 0 Å². The average Bonchev–Trinajstić information content (AvgIpc) is 3.21. The second-order valence-electron chi connectivity index (χ2n) is 13.7. The van der Waals surface area contributed by atoms with Gasteiger partial charge in [0.15, 0.2) is 5.78 Å². The molecule has 3 nitrogen and oxygen atoms in total. The second-order valence-corrected chi connectivity index (χ2v) is 13.7. The lowest BCUT2D eigenvalue weighted by Crippen LogP contribution is -2.51. The van der Waals surface area contributed by atoms with Crippen LogP contribution in [0.3, 0.4) is 0 Å². The Kier molecular flexibility index (Phi) is 10.4. The van der Waals surface area contributed by atoms with Gasteiger partial charge in [-0.1, -0.05) is 97.0 Å². The smallest absolute Gasteiger partial charge is 0.306 e. The first-order valence-corrected chi connectivity index (χ1v) is 16.3. The number of carbonyl (C=O) groups is 2. The zero-order valence-electron chi connectivity index (χ0n) is 24.5. The van der Waals surface area contributed by atoms with Gasteiger partial charge in [0, 0.05) is 18.3 Å².